The molecule has 0 fully saturated rings. The van der Waals surface area contributed by atoms with Crippen molar-refractivity contribution in [2.75, 3.05) is 0 Å². The molecule has 0 spiro atoms. The fourth-order valence-corrected chi connectivity index (χ4v) is 2.20. The largest absolute Gasteiger partial charge is 0.0991 e. The Bertz CT molecular complexity index is 541. The van der Waals surface area contributed by atoms with Gasteiger partial charge in [-0.15, -0.1) is 0 Å². The third-order valence-corrected chi connectivity index (χ3v) is 3.75. The lowest BCUT2D eigenvalue weighted by Gasteiger charge is -2.32. The van der Waals surface area contributed by atoms with Gasteiger partial charge in [-0.25, -0.2) is 0 Å². The summed E-state index contributed by atoms with van der Waals surface area (Å²) in [5.74, 6) is 0. The molecule has 0 aliphatic rings. The van der Waals surface area contributed by atoms with Crippen molar-refractivity contribution in [2.45, 2.75) is 26.2 Å². The van der Waals surface area contributed by atoms with Crippen molar-refractivity contribution in [2.24, 2.45) is 0 Å². The van der Waals surface area contributed by atoms with E-state index < -0.39 is 0 Å². The van der Waals surface area contributed by atoms with E-state index in [-0.39, 0.29) is 5.41 Å². The third kappa shape index (κ3) is 3.48. The molecule has 0 aromatic heterocycles. The monoisotopic (exact) mass is 264 g/mol. The zero-order chi connectivity index (χ0) is 15.0. The summed E-state index contributed by atoms with van der Waals surface area (Å²) in [5, 5.41) is 0. The van der Waals surface area contributed by atoms with E-state index in [1.807, 2.05) is 31.2 Å². The van der Waals surface area contributed by atoms with Crippen LogP contribution in [0.2, 0.25) is 0 Å². The van der Waals surface area contributed by atoms with Gasteiger partial charge in [-0.2, -0.15) is 0 Å². The standard InChI is InChI=1S/C20H24/c1-6-8-13-17(3)20(5,18(4)14-9-7-2)19-15-11-10-12-16-19/h6-16H,1,3H2,2,4-5H3/b9-7-,13-8-,18-14+. The maximum absolute atomic E-state index is 4.27. The molecule has 0 aliphatic heterocycles. The third-order valence-electron chi connectivity index (χ3n) is 3.75. The molecule has 1 atom stereocenters. The Labute approximate surface area is 123 Å². The van der Waals surface area contributed by atoms with Crippen LogP contribution in [0.5, 0.6) is 0 Å². The van der Waals surface area contributed by atoms with Crippen LogP contribution in [-0.2, 0) is 5.41 Å². The first-order valence-electron chi connectivity index (χ1n) is 6.91. The van der Waals surface area contributed by atoms with Crippen molar-refractivity contribution in [3.05, 3.63) is 96.7 Å². The van der Waals surface area contributed by atoms with Crippen molar-refractivity contribution in [3.8, 4) is 0 Å². The minimum absolute atomic E-state index is 0.208. The minimum atomic E-state index is -0.208. The predicted octanol–water partition coefficient (Wildman–Crippen LogP) is 5.77. The molecule has 1 aromatic carbocycles. The van der Waals surface area contributed by atoms with Crippen molar-refractivity contribution >= 4 is 0 Å². The van der Waals surface area contributed by atoms with Crippen LogP contribution in [0.4, 0.5) is 0 Å². The molecule has 20 heavy (non-hydrogen) atoms. The van der Waals surface area contributed by atoms with Gasteiger partial charge in [0.1, 0.15) is 0 Å². The van der Waals surface area contributed by atoms with Gasteiger partial charge < -0.3 is 0 Å². The van der Waals surface area contributed by atoms with Gasteiger partial charge in [-0.3, -0.25) is 0 Å². The van der Waals surface area contributed by atoms with Gasteiger partial charge in [0.2, 0.25) is 0 Å². The highest BCUT2D eigenvalue weighted by atomic mass is 14.3. The summed E-state index contributed by atoms with van der Waals surface area (Å²) in [7, 11) is 0. The van der Waals surface area contributed by atoms with Gasteiger partial charge >= 0.3 is 0 Å². The minimum Gasteiger partial charge on any atom is -0.0991 e. The predicted molar refractivity (Wildman–Crippen MR) is 90.8 cm³/mol. The highest BCUT2D eigenvalue weighted by molar-refractivity contribution is 5.49. The Morgan fingerprint density at radius 1 is 1.15 bits per heavy atom. The molecule has 1 unspecified atom stereocenters. The molecule has 1 aromatic rings. The fraction of sp³-hybridized carbons (Fsp3) is 0.200. The first-order chi connectivity index (χ1) is 9.57. The molecule has 0 heterocycles. The number of allylic oxidation sites excluding steroid dienone is 8. The topological polar surface area (TPSA) is 0 Å². The molecule has 0 saturated heterocycles. The lowest BCUT2D eigenvalue weighted by Crippen LogP contribution is -2.25. The van der Waals surface area contributed by atoms with Crippen LogP contribution in [-0.4, -0.2) is 0 Å². The normalized spacial score (nSPS) is 15.4. The van der Waals surface area contributed by atoms with Gasteiger partial charge in [0, 0.05) is 5.41 Å². The Morgan fingerprint density at radius 3 is 2.35 bits per heavy atom. The number of hydrogen-bond acceptors (Lipinski definition) is 0. The second-order valence-electron chi connectivity index (χ2n) is 4.99. The van der Waals surface area contributed by atoms with Crippen LogP contribution in [0.1, 0.15) is 26.3 Å². The highest BCUT2D eigenvalue weighted by Crippen LogP contribution is 2.38. The molecule has 104 valence electrons. The number of benzene rings is 1. The lowest BCUT2D eigenvalue weighted by molar-refractivity contribution is 0.675. The molecular weight excluding hydrogens is 240 g/mol. The molecular formula is C20H24. The Kier molecular flexibility index (Phi) is 5.99. The molecule has 0 bridgehead atoms. The molecule has 0 saturated carbocycles. The van der Waals surface area contributed by atoms with Crippen molar-refractivity contribution < 1.29 is 0 Å². The van der Waals surface area contributed by atoms with Crippen LogP contribution < -0.4 is 0 Å². The van der Waals surface area contributed by atoms with E-state index in [4.69, 9.17) is 0 Å². The van der Waals surface area contributed by atoms with Gasteiger partial charge in [-0.1, -0.05) is 85.5 Å². The van der Waals surface area contributed by atoms with Gasteiger partial charge in [0.25, 0.3) is 0 Å². The number of rotatable bonds is 6. The van der Waals surface area contributed by atoms with Crippen LogP contribution in [0.25, 0.3) is 0 Å². The summed E-state index contributed by atoms with van der Waals surface area (Å²) in [6.07, 6.45) is 12.0. The van der Waals surface area contributed by atoms with Gasteiger partial charge in [0.05, 0.1) is 0 Å². The zero-order valence-electron chi connectivity index (χ0n) is 12.8. The van der Waals surface area contributed by atoms with Crippen LogP contribution in [0.15, 0.2) is 91.1 Å². The SMILES string of the molecule is C=C/C=C\C(=C)C(C)(/C(C)=C/C=C\C)c1ccccc1. The molecule has 0 aliphatic carbocycles. The van der Waals surface area contributed by atoms with E-state index in [2.05, 4.69) is 63.4 Å². The van der Waals surface area contributed by atoms with E-state index in [1.54, 1.807) is 6.08 Å². The summed E-state index contributed by atoms with van der Waals surface area (Å²) >= 11 is 0. The van der Waals surface area contributed by atoms with Crippen molar-refractivity contribution in [1.29, 1.82) is 0 Å². The zero-order valence-corrected chi connectivity index (χ0v) is 12.8. The van der Waals surface area contributed by atoms with E-state index in [0.717, 1.165) is 5.57 Å². The first-order valence-corrected chi connectivity index (χ1v) is 6.91. The molecule has 0 N–H and O–H groups in total. The van der Waals surface area contributed by atoms with E-state index in [1.165, 1.54) is 11.1 Å². The van der Waals surface area contributed by atoms with E-state index >= 15 is 0 Å². The van der Waals surface area contributed by atoms with Gasteiger partial charge in [0.15, 0.2) is 0 Å². The second-order valence-corrected chi connectivity index (χ2v) is 4.99. The number of hydrogen-bond donors (Lipinski definition) is 0. The summed E-state index contributed by atoms with van der Waals surface area (Å²) in [5.41, 5.74) is 3.36. The Hall–Kier alpha value is -2.08. The summed E-state index contributed by atoms with van der Waals surface area (Å²) in [6, 6.07) is 10.5. The Morgan fingerprint density at radius 2 is 1.80 bits per heavy atom. The summed E-state index contributed by atoms with van der Waals surface area (Å²) < 4.78 is 0. The van der Waals surface area contributed by atoms with Crippen LogP contribution in [0.3, 0.4) is 0 Å². The maximum Gasteiger partial charge on any atom is 0.0377 e. The van der Waals surface area contributed by atoms with Crippen molar-refractivity contribution in [1.82, 2.24) is 0 Å². The highest BCUT2D eigenvalue weighted by Gasteiger charge is 2.30. The quantitative estimate of drug-likeness (QED) is 0.572. The molecule has 0 radical (unpaired) electrons. The molecule has 0 heteroatoms. The second kappa shape index (κ2) is 7.49. The lowest BCUT2D eigenvalue weighted by atomic mass is 9.71. The van der Waals surface area contributed by atoms with E-state index in [9.17, 15) is 0 Å². The maximum atomic E-state index is 4.27. The van der Waals surface area contributed by atoms with E-state index in [0.29, 0.717) is 0 Å². The summed E-state index contributed by atoms with van der Waals surface area (Å²) in [6.45, 7) is 14.4. The van der Waals surface area contributed by atoms with Crippen LogP contribution >= 0.6 is 0 Å². The molecule has 0 amide bonds. The average Bonchev–Trinajstić information content (AvgIpc) is 2.50. The fourth-order valence-electron chi connectivity index (χ4n) is 2.20. The first kappa shape index (κ1) is 16.0. The van der Waals surface area contributed by atoms with Gasteiger partial charge in [-0.05, 0) is 31.9 Å². The smallest absolute Gasteiger partial charge is 0.0377 e. The molecule has 1 rings (SSSR count). The Balaban J connectivity index is 3.37. The van der Waals surface area contributed by atoms with Crippen LogP contribution in [0, 0.1) is 0 Å². The summed E-state index contributed by atoms with van der Waals surface area (Å²) in [4.78, 5) is 0. The molecule has 0 nitrogen and oxygen atoms in total. The van der Waals surface area contributed by atoms with Crippen molar-refractivity contribution in [3.63, 3.8) is 0 Å². The average molecular weight is 264 g/mol.